The molecule has 0 aliphatic heterocycles. The molecule has 0 aliphatic rings. The van der Waals surface area contributed by atoms with Gasteiger partial charge in [0.1, 0.15) is 5.75 Å². The fourth-order valence-electron chi connectivity index (χ4n) is 2.50. The first-order chi connectivity index (χ1) is 12.0. The molecule has 1 rings (SSSR count). The maximum absolute atomic E-state index is 6.65. The Morgan fingerprint density at radius 1 is 1.12 bits per heavy atom. The smallest absolute Gasteiger partial charge is 0.192 e. The van der Waals surface area contributed by atoms with Crippen LogP contribution in [0, 0.1) is 24.2 Å². The summed E-state index contributed by atoms with van der Waals surface area (Å²) in [6.45, 7) is 16.7. The molecule has 0 spiro atoms. The third-order valence-electron chi connectivity index (χ3n) is 5.36. The Kier molecular flexibility index (Phi) is 8.40. The summed E-state index contributed by atoms with van der Waals surface area (Å²) < 4.78 is 17.8. The third kappa shape index (κ3) is 6.46. The minimum absolute atomic E-state index is 0.0109. The van der Waals surface area contributed by atoms with Crippen LogP contribution in [0.4, 0.5) is 0 Å². The Morgan fingerprint density at radius 2 is 1.69 bits per heavy atom. The Bertz CT molecular complexity index is 581. The average Bonchev–Trinajstić information content (AvgIpc) is 2.58. The summed E-state index contributed by atoms with van der Waals surface area (Å²) in [4.78, 5) is 0. The van der Waals surface area contributed by atoms with Gasteiger partial charge in [-0.1, -0.05) is 39.8 Å². The van der Waals surface area contributed by atoms with Crippen molar-refractivity contribution in [3.63, 3.8) is 0 Å². The average molecular weight is 377 g/mol. The van der Waals surface area contributed by atoms with E-state index in [1.807, 2.05) is 24.3 Å². The van der Waals surface area contributed by atoms with Gasteiger partial charge in [0.2, 0.25) is 0 Å². The van der Waals surface area contributed by atoms with Gasteiger partial charge in [-0.15, -0.1) is 12.3 Å². The van der Waals surface area contributed by atoms with Crippen molar-refractivity contribution >= 4 is 8.32 Å². The van der Waals surface area contributed by atoms with Gasteiger partial charge in [-0.2, -0.15) is 0 Å². The molecule has 0 fully saturated rings. The molecule has 0 saturated heterocycles. The largest absolute Gasteiger partial charge is 0.497 e. The topological polar surface area (TPSA) is 27.7 Å². The fraction of sp³-hybridized carbons (Fsp3) is 0.636. The molecule has 0 N–H and O–H groups in total. The monoisotopic (exact) mass is 376 g/mol. The van der Waals surface area contributed by atoms with Crippen LogP contribution in [0.25, 0.3) is 0 Å². The van der Waals surface area contributed by atoms with E-state index in [1.54, 1.807) is 7.11 Å². The molecule has 0 bridgehead atoms. The molecule has 1 aromatic carbocycles. The number of hydrogen-bond acceptors (Lipinski definition) is 3. The zero-order valence-electron chi connectivity index (χ0n) is 17.8. The van der Waals surface area contributed by atoms with E-state index in [4.69, 9.17) is 20.3 Å². The minimum atomic E-state index is -1.89. The van der Waals surface area contributed by atoms with Crippen molar-refractivity contribution < 1.29 is 13.9 Å². The summed E-state index contributed by atoms with van der Waals surface area (Å²) in [5.74, 6) is 4.01. The van der Waals surface area contributed by atoms with E-state index in [1.165, 1.54) is 0 Å². The van der Waals surface area contributed by atoms with Crippen molar-refractivity contribution in [2.45, 2.75) is 65.5 Å². The number of methoxy groups -OCH3 is 1. The molecule has 3 atom stereocenters. The van der Waals surface area contributed by atoms with Gasteiger partial charge in [-0.3, -0.25) is 0 Å². The first kappa shape index (κ1) is 22.8. The molecular formula is C22H36O3Si. The third-order valence-corrected chi connectivity index (χ3v) is 9.84. The van der Waals surface area contributed by atoms with Crippen molar-refractivity contribution in [2.24, 2.45) is 11.8 Å². The van der Waals surface area contributed by atoms with Crippen LogP contribution < -0.4 is 4.74 Å². The molecule has 0 radical (unpaired) electrons. The molecule has 0 heterocycles. The van der Waals surface area contributed by atoms with Crippen LogP contribution in [0.2, 0.25) is 18.1 Å². The van der Waals surface area contributed by atoms with E-state index in [9.17, 15) is 0 Å². The molecule has 3 nitrogen and oxygen atoms in total. The highest BCUT2D eigenvalue weighted by atomic mass is 28.4. The normalized spacial score (nSPS) is 15.8. The van der Waals surface area contributed by atoms with Crippen molar-refractivity contribution in [3.05, 3.63) is 29.8 Å². The molecule has 1 aromatic rings. The minimum Gasteiger partial charge on any atom is -0.497 e. The van der Waals surface area contributed by atoms with E-state index >= 15 is 0 Å². The van der Waals surface area contributed by atoms with Crippen LogP contribution >= 0.6 is 0 Å². The number of terminal acetylenes is 1. The highest BCUT2D eigenvalue weighted by Gasteiger charge is 2.41. The van der Waals surface area contributed by atoms with Gasteiger partial charge in [0.25, 0.3) is 0 Å². The zero-order valence-corrected chi connectivity index (χ0v) is 18.8. The maximum Gasteiger partial charge on any atom is 0.192 e. The first-order valence-corrected chi connectivity index (χ1v) is 12.3. The molecule has 0 saturated carbocycles. The van der Waals surface area contributed by atoms with Gasteiger partial charge in [-0.25, -0.2) is 0 Å². The SMILES string of the molecule is C#C[C@H](C)[C@H](O[Si](C)(C)C(C)(C)C)[C@@H](C)COCc1ccc(OC)cc1. The van der Waals surface area contributed by atoms with E-state index in [-0.39, 0.29) is 23.0 Å². The van der Waals surface area contributed by atoms with Crippen molar-refractivity contribution in [3.8, 4) is 18.1 Å². The highest BCUT2D eigenvalue weighted by Crippen LogP contribution is 2.39. The van der Waals surface area contributed by atoms with Crippen molar-refractivity contribution in [1.82, 2.24) is 0 Å². The lowest BCUT2D eigenvalue weighted by molar-refractivity contribution is 0.0210. The summed E-state index contributed by atoms with van der Waals surface area (Å²) >= 11 is 0. The lowest BCUT2D eigenvalue weighted by Gasteiger charge is -2.42. The number of ether oxygens (including phenoxy) is 2. The summed E-state index contributed by atoms with van der Waals surface area (Å²) in [6, 6.07) is 7.95. The molecule has 0 amide bonds. The summed E-state index contributed by atoms with van der Waals surface area (Å²) in [6.07, 6.45) is 5.73. The van der Waals surface area contributed by atoms with E-state index in [2.05, 4.69) is 53.6 Å². The molecule has 0 aliphatic carbocycles. The van der Waals surface area contributed by atoms with Gasteiger partial charge in [0.05, 0.1) is 26.4 Å². The predicted molar refractivity (Wildman–Crippen MR) is 112 cm³/mol. The Morgan fingerprint density at radius 3 is 2.15 bits per heavy atom. The van der Waals surface area contributed by atoms with Gasteiger partial charge in [0, 0.05) is 11.8 Å². The summed E-state index contributed by atoms with van der Waals surface area (Å²) in [5, 5.41) is 0.156. The van der Waals surface area contributed by atoms with Crippen molar-refractivity contribution in [1.29, 1.82) is 0 Å². The number of hydrogen-bond donors (Lipinski definition) is 0. The number of rotatable bonds is 9. The lowest BCUT2D eigenvalue weighted by Crippen LogP contribution is -2.47. The Balaban J connectivity index is 2.68. The molecule has 4 heteroatoms. The second-order valence-corrected chi connectivity index (χ2v) is 13.4. The zero-order chi connectivity index (χ0) is 20.0. The molecule has 0 unspecified atom stereocenters. The van der Waals surface area contributed by atoms with Gasteiger partial charge in [0.15, 0.2) is 8.32 Å². The Labute approximate surface area is 161 Å². The summed E-state index contributed by atoms with van der Waals surface area (Å²) in [7, 11) is -0.219. The van der Waals surface area contributed by atoms with Gasteiger partial charge >= 0.3 is 0 Å². The summed E-state index contributed by atoms with van der Waals surface area (Å²) in [5.41, 5.74) is 1.13. The second-order valence-electron chi connectivity index (χ2n) is 8.64. The van der Waals surface area contributed by atoms with Crippen LogP contribution in [-0.4, -0.2) is 28.1 Å². The molecule has 0 aromatic heterocycles. The van der Waals surface area contributed by atoms with Crippen LogP contribution in [-0.2, 0) is 15.8 Å². The van der Waals surface area contributed by atoms with E-state index < -0.39 is 8.32 Å². The van der Waals surface area contributed by atoms with Gasteiger partial charge < -0.3 is 13.9 Å². The van der Waals surface area contributed by atoms with Crippen LogP contribution in [0.1, 0.15) is 40.2 Å². The molecular weight excluding hydrogens is 340 g/mol. The van der Waals surface area contributed by atoms with Gasteiger partial charge in [-0.05, 0) is 42.8 Å². The lowest BCUT2D eigenvalue weighted by atomic mass is 9.95. The van der Waals surface area contributed by atoms with Crippen LogP contribution in [0.5, 0.6) is 5.75 Å². The number of benzene rings is 1. The van der Waals surface area contributed by atoms with Crippen LogP contribution in [0.3, 0.4) is 0 Å². The molecule has 26 heavy (non-hydrogen) atoms. The second kappa shape index (κ2) is 9.59. The van der Waals surface area contributed by atoms with Crippen LogP contribution in [0.15, 0.2) is 24.3 Å². The standard InChI is InChI=1S/C22H36O3Si/c1-10-17(2)21(25-26(8,9)22(4,5)6)18(3)15-24-16-19-11-13-20(23-7)14-12-19/h1,11-14,17-18,21H,15-16H2,2-9H3/t17-,18-,21-/m0/s1. The predicted octanol–water partition coefficient (Wildman–Crippen LogP) is 5.51. The van der Waals surface area contributed by atoms with E-state index in [0.717, 1.165) is 11.3 Å². The Hall–Kier alpha value is -1.28. The van der Waals surface area contributed by atoms with E-state index in [0.29, 0.717) is 13.2 Å². The fourth-order valence-corrected chi connectivity index (χ4v) is 3.97. The van der Waals surface area contributed by atoms with Crippen molar-refractivity contribution in [2.75, 3.05) is 13.7 Å². The highest BCUT2D eigenvalue weighted by molar-refractivity contribution is 6.74. The quantitative estimate of drug-likeness (QED) is 0.420. The maximum atomic E-state index is 6.65. The first-order valence-electron chi connectivity index (χ1n) is 9.36. The molecule has 146 valence electrons.